The van der Waals surface area contributed by atoms with Gasteiger partial charge >= 0.3 is 5.97 Å². The molecule has 0 aliphatic heterocycles. The number of nitrogen functional groups attached to an aromatic ring is 1. The number of ether oxygens (including phenoxy) is 1. The molecule has 0 aliphatic carbocycles. The van der Waals surface area contributed by atoms with Gasteiger partial charge in [-0.1, -0.05) is 11.6 Å². The van der Waals surface area contributed by atoms with E-state index in [0.29, 0.717) is 4.47 Å². The standard InChI is InChI=1S/C13H8BrClFN3O2/c1-21-13(20)12-10(18)6(4-17)5-19(12)11-8(16)3-2-7(14)9(11)15/h2-3,5H,18H2,1H3. The first-order valence-electron chi connectivity index (χ1n) is 5.55. The lowest BCUT2D eigenvalue weighted by Gasteiger charge is -2.12. The molecule has 0 bridgehead atoms. The third-order valence-corrected chi connectivity index (χ3v) is 4.08. The monoisotopic (exact) mass is 371 g/mol. The largest absolute Gasteiger partial charge is 0.464 e. The van der Waals surface area contributed by atoms with E-state index in [2.05, 4.69) is 20.7 Å². The van der Waals surface area contributed by atoms with E-state index in [1.165, 1.54) is 18.3 Å². The van der Waals surface area contributed by atoms with Crippen molar-refractivity contribution in [3.05, 3.63) is 44.9 Å². The number of hydrogen-bond donors (Lipinski definition) is 1. The molecule has 0 fully saturated rings. The van der Waals surface area contributed by atoms with Crippen LogP contribution in [-0.4, -0.2) is 17.6 Å². The molecular formula is C13H8BrClFN3O2. The highest BCUT2D eigenvalue weighted by atomic mass is 79.9. The molecule has 0 amide bonds. The smallest absolute Gasteiger partial charge is 0.357 e. The summed E-state index contributed by atoms with van der Waals surface area (Å²) in [6.07, 6.45) is 1.23. The van der Waals surface area contributed by atoms with Crippen LogP contribution in [0, 0.1) is 17.1 Å². The van der Waals surface area contributed by atoms with Crippen molar-refractivity contribution in [3.8, 4) is 11.8 Å². The van der Waals surface area contributed by atoms with E-state index >= 15 is 0 Å². The summed E-state index contributed by atoms with van der Waals surface area (Å²) in [5.41, 5.74) is 5.41. The number of esters is 1. The number of carbonyl (C=O) groups excluding carboxylic acids is 1. The van der Waals surface area contributed by atoms with E-state index in [1.807, 2.05) is 6.07 Å². The van der Waals surface area contributed by atoms with Crippen LogP contribution in [-0.2, 0) is 4.74 Å². The van der Waals surface area contributed by atoms with E-state index in [9.17, 15) is 9.18 Å². The van der Waals surface area contributed by atoms with Crippen LogP contribution in [0.4, 0.5) is 10.1 Å². The molecule has 0 radical (unpaired) electrons. The highest BCUT2D eigenvalue weighted by Gasteiger charge is 2.25. The maximum atomic E-state index is 14.1. The molecule has 0 saturated heterocycles. The average Bonchev–Trinajstić information content (AvgIpc) is 2.79. The Morgan fingerprint density at radius 3 is 2.81 bits per heavy atom. The van der Waals surface area contributed by atoms with Gasteiger partial charge in [-0.15, -0.1) is 0 Å². The van der Waals surface area contributed by atoms with E-state index in [4.69, 9.17) is 22.6 Å². The SMILES string of the molecule is COC(=O)c1c(N)c(C#N)cn1-c1c(F)ccc(Br)c1Cl. The fourth-order valence-corrected chi connectivity index (χ4v) is 2.39. The first-order chi connectivity index (χ1) is 9.92. The Balaban J connectivity index is 2.85. The number of hydrogen-bond acceptors (Lipinski definition) is 4. The number of nitrogens with zero attached hydrogens (tertiary/aromatic N) is 2. The normalized spacial score (nSPS) is 10.2. The Kier molecular flexibility index (Phi) is 4.21. The predicted molar refractivity (Wildman–Crippen MR) is 78.9 cm³/mol. The van der Waals surface area contributed by atoms with Crippen molar-refractivity contribution in [2.75, 3.05) is 12.8 Å². The lowest BCUT2D eigenvalue weighted by Crippen LogP contribution is -2.12. The van der Waals surface area contributed by atoms with Crippen LogP contribution in [0.5, 0.6) is 0 Å². The molecule has 1 heterocycles. The van der Waals surface area contributed by atoms with Gasteiger partial charge in [-0.05, 0) is 28.1 Å². The van der Waals surface area contributed by atoms with Crippen molar-refractivity contribution < 1.29 is 13.9 Å². The second-order valence-electron chi connectivity index (χ2n) is 3.97. The number of rotatable bonds is 2. The van der Waals surface area contributed by atoms with Crippen molar-refractivity contribution >= 4 is 39.2 Å². The quantitative estimate of drug-likeness (QED) is 0.648. The minimum atomic E-state index is -0.801. The summed E-state index contributed by atoms with van der Waals surface area (Å²) in [7, 11) is 1.16. The van der Waals surface area contributed by atoms with E-state index in [-0.39, 0.29) is 27.7 Å². The Labute approximate surface area is 132 Å². The van der Waals surface area contributed by atoms with E-state index < -0.39 is 11.8 Å². The zero-order chi connectivity index (χ0) is 15.7. The first-order valence-corrected chi connectivity index (χ1v) is 6.72. The summed E-state index contributed by atoms with van der Waals surface area (Å²) in [4.78, 5) is 11.9. The summed E-state index contributed by atoms with van der Waals surface area (Å²) < 4.78 is 20.3. The molecule has 0 unspecified atom stereocenters. The van der Waals surface area contributed by atoms with Gasteiger partial charge in [0.15, 0.2) is 5.69 Å². The van der Waals surface area contributed by atoms with Crippen LogP contribution in [0.2, 0.25) is 5.02 Å². The van der Waals surface area contributed by atoms with Crippen LogP contribution in [0.15, 0.2) is 22.8 Å². The van der Waals surface area contributed by atoms with Crippen molar-refractivity contribution in [1.29, 1.82) is 5.26 Å². The molecular weight excluding hydrogens is 365 g/mol. The topological polar surface area (TPSA) is 81.0 Å². The van der Waals surface area contributed by atoms with Gasteiger partial charge in [-0.3, -0.25) is 0 Å². The lowest BCUT2D eigenvalue weighted by molar-refractivity contribution is 0.0593. The van der Waals surface area contributed by atoms with Gasteiger partial charge < -0.3 is 15.0 Å². The van der Waals surface area contributed by atoms with Crippen LogP contribution in [0.3, 0.4) is 0 Å². The molecule has 0 saturated carbocycles. The molecule has 1 aromatic carbocycles. The summed E-state index contributed by atoms with van der Waals surface area (Å²) >= 11 is 9.25. The minimum Gasteiger partial charge on any atom is -0.464 e. The second kappa shape index (κ2) is 5.76. The third-order valence-electron chi connectivity index (χ3n) is 2.80. The Morgan fingerprint density at radius 2 is 2.24 bits per heavy atom. The van der Waals surface area contributed by atoms with Gasteiger partial charge in [0, 0.05) is 10.7 Å². The number of methoxy groups -OCH3 is 1. The van der Waals surface area contributed by atoms with Crippen LogP contribution in [0.25, 0.3) is 5.69 Å². The average molecular weight is 373 g/mol. The van der Waals surface area contributed by atoms with Gasteiger partial charge in [-0.25, -0.2) is 9.18 Å². The predicted octanol–water partition coefficient (Wildman–Crippen LogP) is 3.27. The number of carbonyl (C=O) groups is 1. The molecule has 2 N–H and O–H groups in total. The minimum absolute atomic E-state index is 0.0193. The number of aromatic nitrogens is 1. The highest BCUT2D eigenvalue weighted by molar-refractivity contribution is 9.10. The maximum Gasteiger partial charge on any atom is 0.357 e. The summed E-state index contributed by atoms with van der Waals surface area (Å²) in [5, 5.41) is 9.06. The second-order valence-corrected chi connectivity index (χ2v) is 5.20. The molecule has 21 heavy (non-hydrogen) atoms. The lowest BCUT2D eigenvalue weighted by atomic mass is 10.2. The number of benzene rings is 1. The fourth-order valence-electron chi connectivity index (χ4n) is 1.83. The molecule has 0 aliphatic rings. The Morgan fingerprint density at radius 1 is 1.57 bits per heavy atom. The van der Waals surface area contributed by atoms with Crippen LogP contribution in [0.1, 0.15) is 16.1 Å². The molecule has 1 aromatic heterocycles. The van der Waals surface area contributed by atoms with Crippen molar-refractivity contribution in [2.24, 2.45) is 0 Å². The van der Waals surface area contributed by atoms with Gasteiger partial charge in [0.1, 0.15) is 17.6 Å². The van der Waals surface area contributed by atoms with E-state index in [1.54, 1.807) is 0 Å². The molecule has 2 rings (SSSR count). The fraction of sp³-hybridized carbons (Fsp3) is 0.0769. The molecule has 8 heteroatoms. The zero-order valence-corrected chi connectivity index (χ0v) is 13.0. The first kappa shape index (κ1) is 15.4. The van der Waals surface area contributed by atoms with Crippen molar-refractivity contribution in [2.45, 2.75) is 0 Å². The maximum absolute atomic E-state index is 14.1. The van der Waals surface area contributed by atoms with Crippen LogP contribution >= 0.6 is 27.5 Å². The van der Waals surface area contributed by atoms with E-state index in [0.717, 1.165) is 11.7 Å². The Hall–Kier alpha value is -2.04. The van der Waals surface area contributed by atoms with Gasteiger partial charge in [0.05, 0.1) is 23.4 Å². The van der Waals surface area contributed by atoms with Gasteiger partial charge in [-0.2, -0.15) is 5.26 Å². The molecule has 5 nitrogen and oxygen atoms in total. The molecule has 108 valence electrons. The summed E-state index contributed by atoms with van der Waals surface area (Å²) in [6, 6.07) is 4.43. The van der Waals surface area contributed by atoms with Gasteiger partial charge in [0.2, 0.25) is 0 Å². The number of nitriles is 1. The number of nitrogens with two attached hydrogens (primary N) is 1. The third kappa shape index (κ3) is 2.48. The summed E-state index contributed by atoms with van der Waals surface area (Å²) in [6.45, 7) is 0. The number of halogens is 3. The van der Waals surface area contributed by atoms with Crippen LogP contribution < -0.4 is 5.73 Å². The van der Waals surface area contributed by atoms with Gasteiger partial charge in [0.25, 0.3) is 0 Å². The number of anilines is 1. The molecule has 2 aromatic rings. The van der Waals surface area contributed by atoms with Crippen molar-refractivity contribution in [3.63, 3.8) is 0 Å². The van der Waals surface area contributed by atoms with Crippen molar-refractivity contribution in [1.82, 2.24) is 4.57 Å². The summed E-state index contributed by atoms with van der Waals surface area (Å²) in [5.74, 6) is -1.47. The highest BCUT2D eigenvalue weighted by Crippen LogP contribution is 2.34. The molecule has 0 atom stereocenters. The zero-order valence-electron chi connectivity index (χ0n) is 10.7. The Bertz CT molecular complexity index is 783. The molecule has 0 spiro atoms.